The zero-order chi connectivity index (χ0) is 27.2. The molecule has 7 nitrogen and oxygen atoms in total. The van der Waals surface area contributed by atoms with Gasteiger partial charge in [-0.2, -0.15) is 0 Å². The molecular weight excluding hydrogens is 508 g/mol. The van der Waals surface area contributed by atoms with E-state index in [-0.39, 0.29) is 0 Å². The van der Waals surface area contributed by atoms with E-state index < -0.39 is 0 Å². The maximum atomic E-state index is 6.04. The minimum absolute atomic E-state index is 0.572. The molecule has 0 fully saturated rings. The number of benzene rings is 4. The number of aromatic nitrogens is 6. The summed E-state index contributed by atoms with van der Waals surface area (Å²) in [5.41, 5.74) is 7.14. The number of nitrogens with zero attached hydrogens (tertiary/aromatic N) is 6. The smallest absolute Gasteiger partial charge is 0.164 e. The summed E-state index contributed by atoms with van der Waals surface area (Å²) in [6.45, 7) is 0. The molecule has 0 aliphatic heterocycles. The summed E-state index contributed by atoms with van der Waals surface area (Å²) in [5, 5.41) is 2.02. The Morgan fingerprint density at radius 2 is 1.07 bits per heavy atom. The first-order valence-corrected chi connectivity index (χ1v) is 13.2. The lowest BCUT2D eigenvalue weighted by Gasteiger charge is -2.09. The molecule has 41 heavy (non-hydrogen) atoms. The highest BCUT2D eigenvalue weighted by Crippen LogP contribution is 2.31. The lowest BCUT2D eigenvalue weighted by molar-refractivity contribution is 0.668. The number of para-hydroxylation sites is 1. The highest BCUT2D eigenvalue weighted by Gasteiger charge is 2.14. The van der Waals surface area contributed by atoms with Gasteiger partial charge in [0.15, 0.2) is 17.5 Å². The summed E-state index contributed by atoms with van der Waals surface area (Å²) in [4.78, 5) is 28.7. The molecule has 0 amide bonds. The summed E-state index contributed by atoms with van der Waals surface area (Å²) in [6, 6.07) is 35.6. The van der Waals surface area contributed by atoms with E-state index in [4.69, 9.17) is 29.3 Å². The predicted octanol–water partition coefficient (Wildman–Crippen LogP) is 7.78. The number of furan rings is 1. The van der Waals surface area contributed by atoms with Crippen molar-refractivity contribution in [2.24, 2.45) is 0 Å². The summed E-state index contributed by atoms with van der Waals surface area (Å²) in [7, 11) is 0. The monoisotopic (exact) mass is 528 g/mol. The molecule has 0 aliphatic rings. The lowest BCUT2D eigenvalue weighted by atomic mass is 10.1. The first kappa shape index (κ1) is 23.1. The molecule has 0 atom stereocenters. The van der Waals surface area contributed by atoms with Crippen molar-refractivity contribution in [2.45, 2.75) is 0 Å². The molecule has 0 unspecified atom stereocenters. The van der Waals surface area contributed by atoms with E-state index in [0.29, 0.717) is 28.9 Å². The Bertz CT molecular complexity index is 2150. The fraction of sp³-hybridized carbons (Fsp3) is 0. The van der Waals surface area contributed by atoms with Crippen molar-refractivity contribution < 1.29 is 4.42 Å². The van der Waals surface area contributed by atoms with Crippen LogP contribution in [0, 0.1) is 0 Å². The van der Waals surface area contributed by atoms with Crippen LogP contribution in [-0.2, 0) is 0 Å². The largest absolute Gasteiger partial charge is 0.456 e. The lowest BCUT2D eigenvalue weighted by Crippen LogP contribution is -2.00. The molecular formula is C34H20N6O. The van der Waals surface area contributed by atoms with Crippen molar-refractivity contribution in [3.05, 3.63) is 122 Å². The van der Waals surface area contributed by atoms with Crippen LogP contribution in [0.1, 0.15) is 0 Å². The molecule has 0 saturated carbocycles. The van der Waals surface area contributed by atoms with E-state index in [0.717, 1.165) is 49.7 Å². The number of fused-ring (bicyclic) bond motifs is 4. The van der Waals surface area contributed by atoms with Gasteiger partial charge in [-0.1, -0.05) is 78.9 Å². The second-order valence-electron chi connectivity index (χ2n) is 9.66. The molecule has 0 N–H and O–H groups in total. The van der Waals surface area contributed by atoms with E-state index in [1.54, 1.807) is 6.20 Å². The number of hydrogen-bond acceptors (Lipinski definition) is 7. The third-order valence-electron chi connectivity index (χ3n) is 7.03. The van der Waals surface area contributed by atoms with Gasteiger partial charge in [0, 0.05) is 39.7 Å². The second kappa shape index (κ2) is 9.43. The molecule has 8 rings (SSSR count). The minimum Gasteiger partial charge on any atom is -0.456 e. The van der Waals surface area contributed by atoms with Crippen LogP contribution < -0.4 is 0 Å². The van der Waals surface area contributed by atoms with Gasteiger partial charge in [-0.05, 0) is 24.3 Å². The molecule has 0 radical (unpaired) electrons. The molecule has 0 spiro atoms. The average Bonchev–Trinajstić information content (AvgIpc) is 3.43. The van der Waals surface area contributed by atoms with Gasteiger partial charge < -0.3 is 4.42 Å². The zero-order valence-corrected chi connectivity index (χ0v) is 21.6. The van der Waals surface area contributed by atoms with Gasteiger partial charge in [-0.25, -0.2) is 19.9 Å². The quantitative estimate of drug-likeness (QED) is 0.230. The third kappa shape index (κ3) is 4.17. The average molecular weight is 529 g/mol. The van der Waals surface area contributed by atoms with Gasteiger partial charge >= 0.3 is 0 Å². The topological polar surface area (TPSA) is 90.5 Å². The minimum atomic E-state index is 0.572. The van der Waals surface area contributed by atoms with Crippen LogP contribution >= 0.6 is 0 Å². The van der Waals surface area contributed by atoms with E-state index in [2.05, 4.69) is 4.98 Å². The molecule has 4 aromatic heterocycles. The SMILES string of the molecule is c1ccc(-c2nc(-c3ccccc3)nc(-c3ccc4nc(-c5cc6oc7ccccc7c6cn5)cnc4c3)n2)cc1. The predicted molar refractivity (Wildman–Crippen MR) is 160 cm³/mol. The third-order valence-corrected chi connectivity index (χ3v) is 7.03. The van der Waals surface area contributed by atoms with Crippen molar-refractivity contribution in [1.29, 1.82) is 0 Å². The summed E-state index contributed by atoms with van der Waals surface area (Å²) in [6.07, 6.45) is 3.57. The van der Waals surface area contributed by atoms with Crippen molar-refractivity contribution >= 4 is 33.0 Å². The molecule has 192 valence electrons. The molecule has 0 bridgehead atoms. The molecule has 7 heteroatoms. The Morgan fingerprint density at radius 3 is 1.80 bits per heavy atom. The van der Waals surface area contributed by atoms with Crippen LogP contribution in [0.25, 0.3) is 78.5 Å². The maximum absolute atomic E-state index is 6.04. The molecule has 8 aromatic rings. The number of rotatable bonds is 4. The van der Waals surface area contributed by atoms with Crippen LogP contribution in [-0.4, -0.2) is 29.9 Å². The Morgan fingerprint density at radius 1 is 0.415 bits per heavy atom. The van der Waals surface area contributed by atoms with Gasteiger partial charge in [0.2, 0.25) is 0 Å². The molecule has 4 aromatic carbocycles. The summed E-state index contributed by atoms with van der Waals surface area (Å²) in [5.74, 6) is 1.80. The van der Waals surface area contributed by atoms with Gasteiger partial charge in [0.25, 0.3) is 0 Å². The van der Waals surface area contributed by atoms with Crippen LogP contribution in [0.3, 0.4) is 0 Å². The van der Waals surface area contributed by atoms with Gasteiger partial charge in [-0.15, -0.1) is 0 Å². The van der Waals surface area contributed by atoms with Crippen molar-refractivity contribution in [3.63, 3.8) is 0 Å². The Kier molecular flexibility index (Phi) is 5.31. The fourth-order valence-electron chi connectivity index (χ4n) is 4.97. The number of pyridine rings is 1. The van der Waals surface area contributed by atoms with Gasteiger partial charge in [-0.3, -0.25) is 9.97 Å². The first-order chi connectivity index (χ1) is 20.3. The van der Waals surface area contributed by atoms with E-state index in [9.17, 15) is 0 Å². The molecule has 0 aliphatic carbocycles. The van der Waals surface area contributed by atoms with Crippen molar-refractivity contribution in [1.82, 2.24) is 29.9 Å². The summed E-state index contributed by atoms with van der Waals surface area (Å²) >= 11 is 0. The first-order valence-electron chi connectivity index (χ1n) is 13.2. The normalized spacial score (nSPS) is 11.4. The second-order valence-corrected chi connectivity index (χ2v) is 9.66. The van der Waals surface area contributed by atoms with E-state index in [1.165, 1.54) is 0 Å². The zero-order valence-electron chi connectivity index (χ0n) is 21.6. The molecule has 0 saturated heterocycles. The van der Waals surface area contributed by atoms with Gasteiger partial charge in [0.1, 0.15) is 16.9 Å². The Hall–Kier alpha value is -5.82. The van der Waals surface area contributed by atoms with Crippen molar-refractivity contribution in [2.75, 3.05) is 0 Å². The fourth-order valence-corrected chi connectivity index (χ4v) is 4.97. The Labute approximate surface area is 234 Å². The highest BCUT2D eigenvalue weighted by molar-refractivity contribution is 6.05. The highest BCUT2D eigenvalue weighted by atomic mass is 16.3. The van der Waals surface area contributed by atoms with Gasteiger partial charge in [0.05, 0.1) is 22.9 Å². The molecule has 4 heterocycles. The van der Waals surface area contributed by atoms with Crippen LogP contribution in [0.2, 0.25) is 0 Å². The van der Waals surface area contributed by atoms with E-state index in [1.807, 2.05) is 115 Å². The van der Waals surface area contributed by atoms with E-state index >= 15 is 0 Å². The van der Waals surface area contributed by atoms with Crippen LogP contribution in [0.4, 0.5) is 0 Å². The number of hydrogen-bond donors (Lipinski definition) is 0. The standard InChI is InChI=1S/C34H20N6O/c1-3-9-21(10-4-1)32-38-33(22-11-5-2-6-12-22)40-34(39-32)23-15-16-26-27(17-23)36-20-29(37-26)28-18-31-25(19-35-28)24-13-7-8-14-30(24)41-31/h1-20H. The van der Waals surface area contributed by atoms with Crippen LogP contribution in [0.5, 0.6) is 0 Å². The Balaban J connectivity index is 1.20. The van der Waals surface area contributed by atoms with Crippen molar-refractivity contribution in [3.8, 4) is 45.6 Å². The maximum Gasteiger partial charge on any atom is 0.164 e. The summed E-state index contributed by atoms with van der Waals surface area (Å²) < 4.78 is 6.04. The van der Waals surface area contributed by atoms with Crippen LogP contribution in [0.15, 0.2) is 126 Å².